The van der Waals surface area contributed by atoms with Gasteiger partial charge in [-0.3, -0.25) is 9.59 Å². The lowest BCUT2D eigenvalue weighted by molar-refractivity contribution is -0.193. The Balaban J connectivity index is 2.19. The number of hydrogen-bond donors (Lipinski definition) is 0. The van der Waals surface area contributed by atoms with Crippen molar-refractivity contribution in [3.05, 3.63) is 35.9 Å². The van der Waals surface area contributed by atoms with Crippen LogP contribution in [0.5, 0.6) is 0 Å². The van der Waals surface area contributed by atoms with E-state index in [1.54, 1.807) is 13.8 Å². The molecule has 7 heteroatoms. The zero-order valence-electron chi connectivity index (χ0n) is 13.0. The van der Waals surface area contributed by atoms with Gasteiger partial charge >= 0.3 is 12.1 Å². The summed E-state index contributed by atoms with van der Waals surface area (Å²) < 4.78 is 38.2. The topological polar surface area (TPSA) is 40.6 Å². The molecule has 0 N–H and O–H groups in total. The molecule has 23 heavy (non-hydrogen) atoms. The number of amides is 2. The fraction of sp³-hybridized carbons (Fsp3) is 0.500. The van der Waals surface area contributed by atoms with Gasteiger partial charge in [0.25, 0.3) is 0 Å². The average Bonchev–Trinajstić information content (AvgIpc) is 2.48. The maximum atomic E-state index is 12.7. The van der Waals surface area contributed by atoms with Crippen LogP contribution in [-0.4, -0.2) is 46.9 Å². The van der Waals surface area contributed by atoms with E-state index < -0.39 is 30.0 Å². The average molecular weight is 328 g/mol. The van der Waals surface area contributed by atoms with Gasteiger partial charge in [-0.1, -0.05) is 44.2 Å². The number of hydrogen-bond acceptors (Lipinski definition) is 2. The van der Waals surface area contributed by atoms with Gasteiger partial charge in [-0.15, -0.1) is 0 Å². The van der Waals surface area contributed by atoms with Crippen LogP contribution in [0.3, 0.4) is 0 Å². The fourth-order valence-corrected chi connectivity index (χ4v) is 2.79. The van der Waals surface area contributed by atoms with Crippen LogP contribution in [0, 0.1) is 5.92 Å². The zero-order valence-corrected chi connectivity index (χ0v) is 13.0. The van der Waals surface area contributed by atoms with Crippen molar-refractivity contribution in [2.24, 2.45) is 5.92 Å². The van der Waals surface area contributed by atoms with Crippen molar-refractivity contribution in [2.45, 2.75) is 32.6 Å². The van der Waals surface area contributed by atoms with E-state index >= 15 is 0 Å². The quantitative estimate of drug-likeness (QED) is 0.855. The Morgan fingerprint density at radius 3 is 2.35 bits per heavy atom. The molecule has 1 aliphatic heterocycles. The number of halogens is 3. The molecule has 0 aliphatic carbocycles. The third-order valence-corrected chi connectivity index (χ3v) is 3.86. The summed E-state index contributed by atoms with van der Waals surface area (Å²) in [7, 11) is 0. The highest BCUT2D eigenvalue weighted by Gasteiger charge is 2.49. The highest BCUT2D eigenvalue weighted by atomic mass is 19.4. The number of benzene rings is 1. The van der Waals surface area contributed by atoms with Gasteiger partial charge in [0.2, 0.25) is 5.91 Å². The van der Waals surface area contributed by atoms with Crippen molar-refractivity contribution in [1.29, 1.82) is 0 Å². The summed E-state index contributed by atoms with van der Waals surface area (Å²) in [6.45, 7) is 3.60. The lowest BCUT2D eigenvalue weighted by atomic mass is 9.98. The molecule has 0 spiro atoms. The molecule has 4 nitrogen and oxygen atoms in total. The summed E-state index contributed by atoms with van der Waals surface area (Å²) in [4.78, 5) is 26.3. The minimum Gasteiger partial charge on any atom is -0.335 e. The Hall–Kier alpha value is -2.05. The molecule has 1 aliphatic rings. The summed E-state index contributed by atoms with van der Waals surface area (Å²) in [5.74, 6) is -2.77. The molecule has 1 heterocycles. The van der Waals surface area contributed by atoms with Crippen LogP contribution in [0.2, 0.25) is 0 Å². The predicted octanol–water partition coefficient (Wildman–Crippen LogP) is 2.44. The van der Waals surface area contributed by atoms with E-state index in [0.717, 1.165) is 5.56 Å². The lowest BCUT2D eigenvalue weighted by Crippen LogP contribution is -2.62. The minimum atomic E-state index is -4.96. The van der Waals surface area contributed by atoms with Gasteiger partial charge in [-0.25, -0.2) is 0 Å². The third kappa shape index (κ3) is 3.83. The van der Waals surface area contributed by atoms with Gasteiger partial charge in [-0.2, -0.15) is 13.2 Å². The van der Waals surface area contributed by atoms with Crippen LogP contribution in [0.4, 0.5) is 13.2 Å². The summed E-state index contributed by atoms with van der Waals surface area (Å²) in [6, 6.07) is 8.14. The summed E-state index contributed by atoms with van der Waals surface area (Å²) in [6.07, 6.45) is -4.96. The number of piperazine rings is 1. The van der Waals surface area contributed by atoms with Gasteiger partial charge in [0.15, 0.2) is 0 Å². The van der Waals surface area contributed by atoms with Crippen LogP contribution in [0.15, 0.2) is 30.3 Å². The first-order chi connectivity index (χ1) is 10.7. The van der Waals surface area contributed by atoms with E-state index in [-0.39, 0.29) is 13.1 Å². The maximum absolute atomic E-state index is 12.7. The standard InChI is InChI=1S/C16H19F3N2O2/c1-11(2)13-14(22)20(10-12-6-4-3-5-7-12)8-9-21(13)15(23)16(17,18)19/h3-7,11,13H,8-10H2,1-2H3/t13-/m1/s1. The lowest BCUT2D eigenvalue weighted by Gasteiger charge is -2.42. The zero-order chi connectivity index (χ0) is 17.2. The Kier molecular flexibility index (Phi) is 4.97. The highest BCUT2D eigenvalue weighted by Crippen LogP contribution is 2.26. The van der Waals surface area contributed by atoms with Crippen molar-refractivity contribution in [3.63, 3.8) is 0 Å². The van der Waals surface area contributed by atoms with Crippen molar-refractivity contribution >= 4 is 11.8 Å². The molecular formula is C16H19F3N2O2. The first-order valence-electron chi connectivity index (χ1n) is 7.42. The number of carbonyl (C=O) groups excluding carboxylic acids is 2. The third-order valence-electron chi connectivity index (χ3n) is 3.86. The number of alkyl halides is 3. The number of nitrogens with zero attached hydrogens (tertiary/aromatic N) is 2. The molecule has 1 saturated heterocycles. The van der Waals surface area contributed by atoms with E-state index in [1.165, 1.54) is 4.90 Å². The Morgan fingerprint density at radius 1 is 1.22 bits per heavy atom. The van der Waals surface area contributed by atoms with Crippen molar-refractivity contribution in [2.75, 3.05) is 13.1 Å². The van der Waals surface area contributed by atoms with Crippen molar-refractivity contribution in [1.82, 2.24) is 9.80 Å². The Labute approximate surface area is 132 Å². The molecule has 0 saturated carbocycles. The molecule has 1 aromatic carbocycles. The van der Waals surface area contributed by atoms with Crippen LogP contribution in [0.25, 0.3) is 0 Å². The normalized spacial score (nSPS) is 19.4. The fourth-order valence-electron chi connectivity index (χ4n) is 2.79. The van der Waals surface area contributed by atoms with Crippen LogP contribution in [0.1, 0.15) is 19.4 Å². The Morgan fingerprint density at radius 2 is 1.83 bits per heavy atom. The second-order valence-electron chi connectivity index (χ2n) is 5.93. The van der Waals surface area contributed by atoms with E-state index in [9.17, 15) is 22.8 Å². The second kappa shape index (κ2) is 6.60. The summed E-state index contributed by atoms with van der Waals surface area (Å²) >= 11 is 0. The molecule has 2 amide bonds. The molecule has 2 rings (SSSR count). The van der Waals surface area contributed by atoms with Gasteiger partial charge in [-0.05, 0) is 11.5 Å². The van der Waals surface area contributed by atoms with Gasteiger partial charge in [0.1, 0.15) is 6.04 Å². The first-order valence-corrected chi connectivity index (χ1v) is 7.42. The molecule has 0 radical (unpaired) electrons. The minimum absolute atomic E-state index is 0.0960. The van der Waals surface area contributed by atoms with Gasteiger partial charge < -0.3 is 9.80 Å². The van der Waals surface area contributed by atoms with Gasteiger partial charge in [0.05, 0.1) is 0 Å². The van der Waals surface area contributed by atoms with Crippen molar-refractivity contribution in [3.8, 4) is 0 Å². The second-order valence-corrected chi connectivity index (χ2v) is 5.93. The van der Waals surface area contributed by atoms with E-state index in [2.05, 4.69) is 0 Å². The summed E-state index contributed by atoms with van der Waals surface area (Å²) in [5.41, 5.74) is 0.902. The van der Waals surface area contributed by atoms with Crippen molar-refractivity contribution < 1.29 is 22.8 Å². The summed E-state index contributed by atoms with van der Waals surface area (Å²) in [5, 5.41) is 0. The van der Waals surface area contributed by atoms with Crippen LogP contribution >= 0.6 is 0 Å². The number of carbonyl (C=O) groups is 2. The van der Waals surface area contributed by atoms with E-state index in [1.807, 2.05) is 30.3 Å². The van der Waals surface area contributed by atoms with Crippen LogP contribution in [-0.2, 0) is 16.1 Å². The Bertz CT molecular complexity index is 572. The molecule has 0 unspecified atom stereocenters. The van der Waals surface area contributed by atoms with E-state index in [4.69, 9.17) is 0 Å². The molecule has 1 fully saturated rings. The van der Waals surface area contributed by atoms with E-state index in [0.29, 0.717) is 11.4 Å². The molecule has 1 aromatic rings. The number of rotatable bonds is 3. The smallest absolute Gasteiger partial charge is 0.335 e. The molecular weight excluding hydrogens is 309 g/mol. The predicted molar refractivity (Wildman–Crippen MR) is 78.3 cm³/mol. The largest absolute Gasteiger partial charge is 0.471 e. The molecule has 0 aromatic heterocycles. The monoisotopic (exact) mass is 328 g/mol. The molecule has 1 atom stereocenters. The molecule has 0 bridgehead atoms. The maximum Gasteiger partial charge on any atom is 0.471 e. The highest BCUT2D eigenvalue weighted by molar-refractivity contribution is 5.91. The molecule has 126 valence electrons. The van der Waals surface area contributed by atoms with Gasteiger partial charge in [0, 0.05) is 19.6 Å². The SMILES string of the molecule is CC(C)[C@@H]1C(=O)N(Cc2ccccc2)CCN1C(=O)C(F)(F)F. The first kappa shape index (κ1) is 17.3. The van der Waals surface area contributed by atoms with Crippen LogP contribution < -0.4 is 0 Å².